The Balaban J connectivity index is 2.62. The van der Waals surface area contributed by atoms with Crippen LogP contribution < -0.4 is 10.9 Å². The van der Waals surface area contributed by atoms with Crippen LogP contribution in [0, 0.1) is 6.92 Å². The summed E-state index contributed by atoms with van der Waals surface area (Å²) in [6.07, 6.45) is -0.475. The molecule has 0 aliphatic heterocycles. The Bertz CT molecular complexity index is 469. The summed E-state index contributed by atoms with van der Waals surface area (Å²) in [6, 6.07) is 1.53. The van der Waals surface area contributed by atoms with Gasteiger partial charge in [-0.05, 0) is 25.0 Å². The molecule has 1 heterocycles. The number of nitrogens with one attached hydrogen (secondary N) is 2. The van der Waals surface area contributed by atoms with E-state index in [0.717, 1.165) is 0 Å². The zero-order valence-electron chi connectivity index (χ0n) is 10.4. The van der Waals surface area contributed by atoms with E-state index in [2.05, 4.69) is 10.3 Å². The summed E-state index contributed by atoms with van der Waals surface area (Å²) in [5.74, 6) is -0.184. The van der Waals surface area contributed by atoms with Gasteiger partial charge >= 0.3 is 0 Å². The Labute approximate surface area is 105 Å². The number of aromatic nitrogens is 1. The van der Waals surface area contributed by atoms with E-state index >= 15 is 0 Å². The maximum atomic E-state index is 11.2. The van der Waals surface area contributed by atoms with E-state index in [0.29, 0.717) is 11.1 Å². The summed E-state index contributed by atoms with van der Waals surface area (Å²) >= 11 is 0. The van der Waals surface area contributed by atoms with Gasteiger partial charge in [-0.15, -0.1) is 0 Å². The van der Waals surface area contributed by atoms with E-state index < -0.39 is 12.2 Å². The number of aromatic amines is 1. The van der Waals surface area contributed by atoms with Crippen molar-refractivity contribution in [2.24, 2.45) is 0 Å². The number of H-pyrrole nitrogens is 1. The molecule has 2 unspecified atom stereocenters. The Morgan fingerprint density at radius 3 is 2.72 bits per heavy atom. The van der Waals surface area contributed by atoms with Gasteiger partial charge in [-0.2, -0.15) is 0 Å². The van der Waals surface area contributed by atoms with Crippen molar-refractivity contribution in [1.29, 1.82) is 0 Å². The molecule has 18 heavy (non-hydrogen) atoms. The van der Waals surface area contributed by atoms with Crippen molar-refractivity contribution < 1.29 is 15.0 Å². The fourth-order valence-corrected chi connectivity index (χ4v) is 1.57. The zero-order valence-corrected chi connectivity index (χ0v) is 10.4. The number of carbonyl (C=O) groups is 1. The van der Waals surface area contributed by atoms with Gasteiger partial charge in [0.2, 0.25) is 5.91 Å². The Morgan fingerprint density at radius 1 is 1.50 bits per heavy atom. The van der Waals surface area contributed by atoms with E-state index in [-0.39, 0.29) is 24.4 Å². The number of hydrogen-bond donors (Lipinski definition) is 4. The number of carbonyl (C=O) groups excluding carboxylic acids is 1. The first-order valence-corrected chi connectivity index (χ1v) is 5.71. The molecule has 6 heteroatoms. The second kappa shape index (κ2) is 6.32. The molecule has 1 aromatic heterocycles. The third-order valence-corrected chi connectivity index (χ3v) is 2.63. The van der Waals surface area contributed by atoms with Crippen LogP contribution in [0.25, 0.3) is 0 Å². The van der Waals surface area contributed by atoms with Crippen molar-refractivity contribution in [1.82, 2.24) is 10.3 Å². The van der Waals surface area contributed by atoms with E-state index in [4.69, 9.17) is 0 Å². The predicted molar refractivity (Wildman–Crippen MR) is 66.1 cm³/mol. The minimum Gasteiger partial charge on any atom is -0.390 e. The highest BCUT2D eigenvalue weighted by Gasteiger charge is 2.18. The van der Waals surface area contributed by atoms with E-state index in [1.165, 1.54) is 19.2 Å². The molecule has 0 fully saturated rings. The van der Waals surface area contributed by atoms with E-state index in [1.807, 2.05) is 0 Å². The molecule has 1 aromatic rings. The van der Waals surface area contributed by atoms with Gasteiger partial charge in [0.25, 0.3) is 5.56 Å². The molecular formula is C12H18N2O4. The van der Waals surface area contributed by atoms with E-state index in [9.17, 15) is 19.8 Å². The lowest BCUT2D eigenvalue weighted by Gasteiger charge is -2.18. The van der Waals surface area contributed by atoms with Gasteiger partial charge in [0, 0.05) is 25.2 Å². The smallest absolute Gasteiger partial charge is 0.250 e. The summed E-state index contributed by atoms with van der Waals surface area (Å²) in [4.78, 5) is 24.3. The molecule has 0 radical (unpaired) electrons. The molecule has 0 aliphatic carbocycles. The first kappa shape index (κ1) is 14.4. The fraction of sp³-hybridized carbons (Fsp3) is 0.500. The van der Waals surface area contributed by atoms with Gasteiger partial charge in [-0.25, -0.2) is 0 Å². The zero-order chi connectivity index (χ0) is 13.7. The van der Waals surface area contributed by atoms with Crippen LogP contribution in [0.4, 0.5) is 0 Å². The second-order valence-electron chi connectivity index (χ2n) is 4.23. The standard InChI is InChI=1S/C12H18N2O4/c1-7-5-9(6-14-12(7)18)11(17)10(16)3-4-13-8(2)15/h5-6,10-11,16-17H,3-4H2,1-2H3,(H,13,15)(H,14,18). The van der Waals surface area contributed by atoms with Crippen LogP contribution in [0.2, 0.25) is 0 Å². The van der Waals surface area contributed by atoms with Gasteiger partial charge < -0.3 is 20.5 Å². The number of hydrogen-bond acceptors (Lipinski definition) is 4. The summed E-state index contributed by atoms with van der Waals surface area (Å²) in [5.41, 5.74) is 0.696. The topological polar surface area (TPSA) is 102 Å². The molecule has 0 saturated carbocycles. The maximum absolute atomic E-state index is 11.2. The highest BCUT2D eigenvalue weighted by atomic mass is 16.3. The van der Waals surface area contributed by atoms with Crippen molar-refractivity contribution in [3.63, 3.8) is 0 Å². The van der Waals surface area contributed by atoms with Crippen LogP contribution in [-0.4, -0.2) is 33.8 Å². The normalized spacial score (nSPS) is 14.0. The number of amides is 1. The SMILES string of the molecule is CC(=O)NCCC(O)C(O)c1c[nH]c(=O)c(C)c1. The van der Waals surface area contributed by atoms with Crippen molar-refractivity contribution in [2.45, 2.75) is 32.5 Å². The highest BCUT2D eigenvalue weighted by Crippen LogP contribution is 2.17. The van der Waals surface area contributed by atoms with Crippen LogP contribution in [-0.2, 0) is 4.79 Å². The quantitative estimate of drug-likeness (QED) is 0.574. The predicted octanol–water partition coefficient (Wildman–Crippen LogP) is -0.396. The van der Waals surface area contributed by atoms with Crippen LogP contribution >= 0.6 is 0 Å². The Kier molecular flexibility index (Phi) is 5.06. The van der Waals surface area contributed by atoms with Crippen molar-refractivity contribution >= 4 is 5.91 Å². The number of aliphatic hydroxyl groups excluding tert-OH is 2. The second-order valence-corrected chi connectivity index (χ2v) is 4.23. The summed E-state index contributed by atoms with van der Waals surface area (Å²) in [7, 11) is 0. The van der Waals surface area contributed by atoms with Gasteiger partial charge in [-0.1, -0.05) is 0 Å². The average Bonchev–Trinajstić information content (AvgIpc) is 2.31. The lowest BCUT2D eigenvalue weighted by Crippen LogP contribution is -2.28. The molecule has 1 rings (SSSR count). The number of pyridine rings is 1. The lowest BCUT2D eigenvalue weighted by molar-refractivity contribution is -0.119. The minimum absolute atomic E-state index is 0.184. The van der Waals surface area contributed by atoms with Gasteiger partial charge in [-0.3, -0.25) is 9.59 Å². The average molecular weight is 254 g/mol. The molecule has 0 saturated heterocycles. The fourth-order valence-electron chi connectivity index (χ4n) is 1.57. The van der Waals surface area contributed by atoms with Crippen molar-refractivity contribution in [2.75, 3.05) is 6.54 Å². The van der Waals surface area contributed by atoms with Crippen LogP contribution in [0.3, 0.4) is 0 Å². The maximum Gasteiger partial charge on any atom is 0.250 e. The van der Waals surface area contributed by atoms with Crippen LogP contribution in [0.5, 0.6) is 0 Å². The summed E-state index contributed by atoms with van der Waals surface area (Å²) in [6.45, 7) is 3.29. The third kappa shape index (κ3) is 3.97. The molecule has 100 valence electrons. The molecule has 4 N–H and O–H groups in total. The summed E-state index contributed by atoms with van der Waals surface area (Å²) in [5, 5.41) is 22.2. The summed E-state index contributed by atoms with van der Waals surface area (Å²) < 4.78 is 0. The molecular weight excluding hydrogens is 236 g/mol. The molecule has 1 amide bonds. The Hall–Kier alpha value is -1.66. The number of rotatable bonds is 5. The van der Waals surface area contributed by atoms with Gasteiger partial charge in [0.05, 0.1) is 6.10 Å². The van der Waals surface area contributed by atoms with Crippen LogP contribution in [0.1, 0.15) is 30.6 Å². The molecule has 0 aliphatic rings. The highest BCUT2D eigenvalue weighted by molar-refractivity contribution is 5.72. The minimum atomic E-state index is -1.09. The van der Waals surface area contributed by atoms with Gasteiger partial charge in [0.15, 0.2) is 0 Å². The van der Waals surface area contributed by atoms with Crippen molar-refractivity contribution in [3.05, 3.63) is 33.7 Å². The first-order valence-electron chi connectivity index (χ1n) is 5.71. The lowest BCUT2D eigenvalue weighted by atomic mass is 10.0. The monoisotopic (exact) mass is 254 g/mol. The van der Waals surface area contributed by atoms with Crippen LogP contribution in [0.15, 0.2) is 17.1 Å². The number of aliphatic hydroxyl groups is 2. The number of aryl methyl sites for hydroxylation is 1. The molecule has 0 spiro atoms. The molecule has 6 nitrogen and oxygen atoms in total. The molecule has 0 bridgehead atoms. The van der Waals surface area contributed by atoms with E-state index in [1.54, 1.807) is 6.92 Å². The van der Waals surface area contributed by atoms with Gasteiger partial charge in [0.1, 0.15) is 6.10 Å². The van der Waals surface area contributed by atoms with Crippen molar-refractivity contribution in [3.8, 4) is 0 Å². The largest absolute Gasteiger partial charge is 0.390 e. The molecule has 2 atom stereocenters. The third-order valence-electron chi connectivity index (χ3n) is 2.63. The Morgan fingerprint density at radius 2 is 2.17 bits per heavy atom. The first-order chi connectivity index (χ1) is 8.41. The molecule has 0 aromatic carbocycles.